The molecule has 0 saturated carbocycles. The predicted octanol–water partition coefficient (Wildman–Crippen LogP) is 3.24. The molecule has 2 unspecified atom stereocenters. The van der Waals surface area contributed by atoms with Crippen LogP contribution in [0, 0.1) is 12.8 Å². The first-order valence-electron chi connectivity index (χ1n) is 7.13. The van der Waals surface area contributed by atoms with E-state index in [-0.39, 0.29) is 0 Å². The van der Waals surface area contributed by atoms with Crippen molar-refractivity contribution < 1.29 is 0 Å². The largest absolute Gasteiger partial charge is 0.314 e. The third kappa shape index (κ3) is 2.55. The topological polar surface area (TPSA) is 12.0 Å². The summed E-state index contributed by atoms with van der Waals surface area (Å²) in [5.41, 5.74) is 4.64. The van der Waals surface area contributed by atoms with Gasteiger partial charge in [0, 0.05) is 6.04 Å². The number of nitrogens with one attached hydrogen (secondary N) is 1. The van der Waals surface area contributed by atoms with Crippen LogP contribution in [-0.2, 0) is 12.8 Å². The number of benzene rings is 1. The Morgan fingerprint density at radius 2 is 2.18 bits per heavy atom. The van der Waals surface area contributed by atoms with Gasteiger partial charge in [-0.25, -0.2) is 0 Å². The van der Waals surface area contributed by atoms with Crippen LogP contribution in [-0.4, -0.2) is 12.6 Å². The van der Waals surface area contributed by atoms with E-state index in [9.17, 15) is 0 Å². The molecule has 3 rings (SSSR count). The van der Waals surface area contributed by atoms with Crippen LogP contribution in [0.15, 0.2) is 18.2 Å². The third-order valence-electron chi connectivity index (χ3n) is 4.47. The second-order valence-corrected chi connectivity index (χ2v) is 5.91. The zero-order valence-electron chi connectivity index (χ0n) is 10.8. The molecule has 0 spiro atoms. The molecule has 17 heavy (non-hydrogen) atoms. The highest BCUT2D eigenvalue weighted by molar-refractivity contribution is 5.33. The van der Waals surface area contributed by atoms with Crippen LogP contribution >= 0.6 is 0 Å². The Labute approximate surface area is 105 Å². The molecule has 2 aliphatic rings. The zero-order chi connectivity index (χ0) is 11.7. The lowest BCUT2D eigenvalue weighted by molar-refractivity contribution is 0.372. The van der Waals surface area contributed by atoms with Crippen LogP contribution in [0.5, 0.6) is 0 Å². The molecule has 1 aromatic rings. The Balaban J connectivity index is 1.65. The summed E-state index contributed by atoms with van der Waals surface area (Å²) in [6.45, 7) is 3.45. The molecule has 1 heterocycles. The maximum absolute atomic E-state index is 3.64. The molecular weight excluding hydrogens is 206 g/mol. The SMILES string of the molecule is Cc1ccc2c(c1)CCC(CC1CCCN1)C2. The van der Waals surface area contributed by atoms with Crippen LogP contribution in [0.25, 0.3) is 0 Å². The quantitative estimate of drug-likeness (QED) is 0.821. The van der Waals surface area contributed by atoms with Gasteiger partial charge in [-0.3, -0.25) is 0 Å². The van der Waals surface area contributed by atoms with E-state index in [4.69, 9.17) is 0 Å². The number of hydrogen-bond acceptors (Lipinski definition) is 1. The molecule has 1 heteroatoms. The highest BCUT2D eigenvalue weighted by atomic mass is 14.9. The van der Waals surface area contributed by atoms with E-state index >= 15 is 0 Å². The number of rotatable bonds is 2. The lowest BCUT2D eigenvalue weighted by Gasteiger charge is -2.27. The van der Waals surface area contributed by atoms with Crippen molar-refractivity contribution in [1.29, 1.82) is 0 Å². The summed E-state index contributed by atoms with van der Waals surface area (Å²) in [5.74, 6) is 0.917. The normalized spacial score (nSPS) is 28.1. The number of fused-ring (bicyclic) bond motifs is 1. The monoisotopic (exact) mass is 229 g/mol. The van der Waals surface area contributed by atoms with Crippen molar-refractivity contribution in [1.82, 2.24) is 5.32 Å². The van der Waals surface area contributed by atoms with Gasteiger partial charge in [0.05, 0.1) is 0 Å². The van der Waals surface area contributed by atoms with Gasteiger partial charge < -0.3 is 5.32 Å². The van der Waals surface area contributed by atoms with Gasteiger partial charge in [0.1, 0.15) is 0 Å². The summed E-state index contributed by atoms with van der Waals surface area (Å²) in [5, 5.41) is 3.64. The van der Waals surface area contributed by atoms with Crippen molar-refractivity contribution in [2.45, 2.75) is 51.5 Å². The van der Waals surface area contributed by atoms with Gasteiger partial charge in [0.15, 0.2) is 0 Å². The highest BCUT2D eigenvalue weighted by Gasteiger charge is 2.23. The van der Waals surface area contributed by atoms with Gasteiger partial charge in [-0.05, 0) is 69.0 Å². The summed E-state index contributed by atoms with van der Waals surface area (Å²) in [6.07, 6.45) is 8.19. The number of aryl methyl sites for hydroxylation is 2. The third-order valence-corrected chi connectivity index (χ3v) is 4.47. The van der Waals surface area contributed by atoms with E-state index in [2.05, 4.69) is 30.4 Å². The Morgan fingerprint density at radius 3 is 3.00 bits per heavy atom. The fraction of sp³-hybridized carbons (Fsp3) is 0.625. The van der Waals surface area contributed by atoms with Gasteiger partial charge in [-0.15, -0.1) is 0 Å². The average Bonchev–Trinajstić information content (AvgIpc) is 2.82. The Hall–Kier alpha value is -0.820. The second kappa shape index (κ2) is 4.81. The van der Waals surface area contributed by atoms with Crippen molar-refractivity contribution in [2.75, 3.05) is 6.54 Å². The minimum absolute atomic E-state index is 0.812. The zero-order valence-corrected chi connectivity index (χ0v) is 10.8. The molecule has 1 aliphatic carbocycles. The van der Waals surface area contributed by atoms with E-state index in [1.807, 2.05) is 0 Å². The van der Waals surface area contributed by atoms with Crippen LogP contribution < -0.4 is 5.32 Å². The summed E-state index contributed by atoms with van der Waals surface area (Å²) in [7, 11) is 0. The Bertz CT molecular complexity index is 391. The maximum atomic E-state index is 3.64. The van der Waals surface area contributed by atoms with Gasteiger partial charge in [0.2, 0.25) is 0 Å². The molecule has 92 valence electrons. The van der Waals surface area contributed by atoms with Gasteiger partial charge in [0.25, 0.3) is 0 Å². The molecule has 0 aromatic heterocycles. The molecule has 0 amide bonds. The van der Waals surface area contributed by atoms with Crippen LogP contribution in [0.4, 0.5) is 0 Å². The summed E-state index contributed by atoms with van der Waals surface area (Å²) in [4.78, 5) is 0. The van der Waals surface area contributed by atoms with E-state index in [1.54, 1.807) is 11.1 Å². The molecular formula is C16H23N. The van der Waals surface area contributed by atoms with Gasteiger partial charge in [-0.1, -0.05) is 23.8 Å². The molecule has 2 atom stereocenters. The van der Waals surface area contributed by atoms with Gasteiger partial charge >= 0.3 is 0 Å². The first-order valence-corrected chi connectivity index (χ1v) is 7.13. The van der Waals surface area contributed by atoms with Crippen molar-refractivity contribution in [3.8, 4) is 0 Å². The predicted molar refractivity (Wildman–Crippen MR) is 72.3 cm³/mol. The van der Waals surface area contributed by atoms with E-state index in [0.29, 0.717) is 0 Å². The average molecular weight is 229 g/mol. The molecule has 1 aromatic carbocycles. The van der Waals surface area contributed by atoms with Gasteiger partial charge in [-0.2, -0.15) is 0 Å². The fourth-order valence-corrected chi connectivity index (χ4v) is 3.52. The maximum Gasteiger partial charge on any atom is 0.00702 e. The lowest BCUT2D eigenvalue weighted by Crippen LogP contribution is -2.27. The minimum Gasteiger partial charge on any atom is -0.314 e. The summed E-state index contributed by atoms with van der Waals surface area (Å²) >= 11 is 0. The molecule has 0 bridgehead atoms. The first kappa shape index (κ1) is 11.3. The molecule has 1 N–H and O–H groups in total. The van der Waals surface area contributed by atoms with E-state index in [0.717, 1.165) is 12.0 Å². The van der Waals surface area contributed by atoms with Crippen LogP contribution in [0.1, 0.15) is 42.4 Å². The Kier molecular flexibility index (Phi) is 3.19. The van der Waals surface area contributed by atoms with Crippen molar-refractivity contribution in [3.63, 3.8) is 0 Å². The van der Waals surface area contributed by atoms with Crippen LogP contribution in [0.3, 0.4) is 0 Å². The standard InChI is InChI=1S/C16H23N/c1-12-4-6-15-10-13(5-7-14(15)9-12)11-16-3-2-8-17-16/h4,6,9,13,16-17H,2-3,5,7-8,10-11H2,1H3. The van der Waals surface area contributed by atoms with Crippen molar-refractivity contribution >= 4 is 0 Å². The molecule has 0 radical (unpaired) electrons. The highest BCUT2D eigenvalue weighted by Crippen LogP contribution is 2.30. The first-order chi connectivity index (χ1) is 8.31. The summed E-state index contributed by atoms with van der Waals surface area (Å²) < 4.78 is 0. The molecule has 1 nitrogen and oxygen atoms in total. The van der Waals surface area contributed by atoms with E-state index in [1.165, 1.54) is 50.6 Å². The lowest BCUT2D eigenvalue weighted by atomic mass is 9.80. The van der Waals surface area contributed by atoms with Crippen LogP contribution in [0.2, 0.25) is 0 Å². The fourth-order valence-electron chi connectivity index (χ4n) is 3.52. The molecule has 1 saturated heterocycles. The second-order valence-electron chi connectivity index (χ2n) is 5.91. The molecule has 1 fully saturated rings. The van der Waals surface area contributed by atoms with Crippen molar-refractivity contribution in [2.24, 2.45) is 5.92 Å². The minimum atomic E-state index is 0.812. The van der Waals surface area contributed by atoms with Crippen molar-refractivity contribution in [3.05, 3.63) is 34.9 Å². The Morgan fingerprint density at radius 1 is 1.24 bits per heavy atom. The smallest absolute Gasteiger partial charge is 0.00702 e. The molecule has 1 aliphatic heterocycles. The number of hydrogen-bond donors (Lipinski definition) is 1. The summed E-state index contributed by atoms with van der Waals surface area (Å²) in [6, 6.07) is 7.83. The van der Waals surface area contributed by atoms with E-state index < -0.39 is 0 Å².